The lowest BCUT2D eigenvalue weighted by molar-refractivity contribution is 0.275. The van der Waals surface area contributed by atoms with Crippen LogP contribution in [-0.2, 0) is 13.0 Å². The molecule has 4 nitrogen and oxygen atoms in total. The molecule has 0 spiro atoms. The van der Waals surface area contributed by atoms with E-state index < -0.39 is 0 Å². The third kappa shape index (κ3) is 3.76. The Hall–Kier alpha value is -1.43. The summed E-state index contributed by atoms with van der Waals surface area (Å²) in [4.78, 5) is 4.13. The average Bonchev–Trinajstić information content (AvgIpc) is 2.43. The molecule has 0 unspecified atom stereocenters. The van der Waals surface area contributed by atoms with Crippen LogP contribution in [-0.4, -0.2) is 21.8 Å². The lowest BCUT2D eigenvalue weighted by Gasteiger charge is -2.09. The summed E-state index contributed by atoms with van der Waals surface area (Å²) in [5, 5.41) is 18.1. The van der Waals surface area contributed by atoms with Crippen molar-refractivity contribution in [3.63, 3.8) is 0 Å². The zero-order valence-electron chi connectivity index (χ0n) is 10.2. The molecule has 0 aliphatic rings. The first-order chi connectivity index (χ1) is 9.22. The molecule has 0 fully saturated rings. The number of benzene rings is 1. The second kappa shape index (κ2) is 6.65. The van der Waals surface area contributed by atoms with E-state index in [1.54, 1.807) is 12.3 Å². The summed E-state index contributed by atoms with van der Waals surface area (Å²) in [5.74, 6) is 1.03. The van der Waals surface area contributed by atoms with Gasteiger partial charge in [-0.1, -0.05) is 12.1 Å². The molecule has 2 aromatic rings. The van der Waals surface area contributed by atoms with Crippen LogP contribution in [0.5, 0.6) is 11.6 Å². The van der Waals surface area contributed by atoms with E-state index in [-0.39, 0.29) is 13.2 Å². The summed E-state index contributed by atoms with van der Waals surface area (Å²) in [7, 11) is 0. The summed E-state index contributed by atoms with van der Waals surface area (Å²) in [5.41, 5.74) is 1.66. The number of nitrogens with zero attached hydrogens (tertiary/aromatic N) is 1. The number of ether oxygens (including phenoxy) is 1. The van der Waals surface area contributed by atoms with Gasteiger partial charge in [-0.15, -0.1) is 0 Å². The van der Waals surface area contributed by atoms with Gasteiger partial charge < -0.3 is 14.9 Å². The molecule has 0 aliphatic carbocycles. The van der Waals surface area contributed by atoms with Crippen LogP contribution in [0.2, 0.25) is 0 Å². The van der Waals surface area contributed by atoms with Gasteiger partial charge in [-0.2, -0.15) is 0 Å². The molecule has 0 aliphatic heterocycles. The lowest BCUT2D eigenvalue weighted by Crippen LogP contribution is -1.95. The van der Waals surface area contributed by atoms with Gasteiger partial charge in [0.1, 0.15) is 5.75 Å². The molecule has 0 atom stereocenters. The zero-order valence-corrected chi connectivity index (χ0v) is 11.8. The minimum atomic E-state index is -0.135. The highest BCUT2D eigenvalue weighted by atomic mass is 79.9. The van der Waals surface area contributed by atoms with Gasteiger partial charge in [0.15, 0.2) is 0 Å². The summed E-state index contributed by atoms with van der Waals surface area (Å²) in [6.45, 7) is -0.00645. The van der Waals surface area contributed by atoms with E-state index in [9.17, 15) is 5.11 Å². The molecule has 5 heteroatoms. The maximum absolute atomic E-state index is 9.27. The predicted molar refractivity (Wildman–Crippen MR) is 75.2 cm³/mol. The van der Waals surface area contributed by atoms with Crippen molar-refractivity contribution in [1.29, 1.82) is 0 Å². The van der Waals surface area contributed by atoms with Crippen LogP contribution in [0.4, 0.5) is 0 Å². The van der Waals surface area contributed by atoms with Gasteiger partial charge in [-0.25, -0.2) is 4.98 Å². The van der Waals surface area contributed by atoms with Gasteiger partial charge in [-0.05, 0) is 46.1 Å². The average molecular weight is 324 g/mol. The maximum Gasteiger partial charge on any atom is 0.224 e. The molecule has 19 heavy (non-hydrogen) atoms. The molecule has 100 valence electrons. The number of hydrogen-bond acceptors (Lipinski definition) is 4. The molecule has 0 bridgehead atoms. The van der Waals surface area contributed by atoms with E-state index in [2.05, 4.69) is 20.9 Å². The van der Waals surface area contributed by atoms with Crippen molar-refractivity contribution in [3.05, 3.63) is 52.1 Å². The summed E-state index contributed by atoms with van der Waals surface area (Å²) in [6, 6.07) is 9.18. The van der Waals surface area contributed by atoms with E-state index in [0.717, 1.165) is 10.0 Å². The Morgan fingerprint density at radius 3 is 2.53 bits per heavy atom. The zero-order chi connectivity index (χ0) is 13.7. The standard InChI is InChI=1S/C14H14BrNO3/c15-12-7-11(9-18)14(16-8-12)19-13-3-1-10(2-4-13)5-6-17/h1-4,7-8,17-18H,5-6,9H2. The van der Waals surface area contributed by atoms with E-state index in [1.165, 1.54) is 0 Å². The van der Waals surface area contributed by atoms with Gasteiger partial charge in [0, 0.05) is 22.8 Å². The second-order valence-corrected chi connectivity index (χ2v) is 4.91. The van der Waals surface area contributed by atoms with Crippen LogP contribution in [0.15, 0.2) is 41.0 Å². The van der Waals surface area contributed by atoms with Crippen molar-refractivity contribution in [2.24, 2.45) is 0 Å². The van der Waals surface area contributed by atoms with E-state index in [1.807, 2.05) is 24.3 Å². The predicted octanol–water partition coefficient (Wildman–Crippen LogP) is 2.66. The largest absolute Gasteiger partial charge is 0.439 e. The second-order valence-electron chi connectivity index (χ2n) is 4.00. The first kappa shape index (κ1) is 14.0. The highest BCUT2D eigenvalue weighted by Gasteiger charge is 2.07. The van der Waals surface area contributed by atoms with E-state index in [4.69, 9.17) is 9.84 Å². The van der Waals surface area contributed by atoms with E-state index >= 15 is 0 Å². The Balaban J connectivity index is 2.16. The Morgan fingerprint density at radius 1 is 1.16 bits per heavy atom. The van der Waals surface area contributed by atoms with Crippen LogP contribution in [0.1, 0.15) is 11.1 Å². The first-order valence-electron chi connectivity index (χ1n) is 5.86. The molecular formula is C14H14BrNO3. The number of aromatic nitrogens is 1. The normalized spacial score (nSPS) is 10.5. The fourth-order valence-electron chi connectivity index (χ4n) is 1.64. The lowest BCUT2D eigenvalue weighted by atomic mass is 10.1. The number of rotatable bonds is 5. The smallest absolute Gasteiger partial charge is 0.224 e. The van der Waals surface area contributed by atoms with Crippen molar-refractivity contribution < 1.29 is 14.9 Å². The van der Waals surface area contributed by atoms with Crippen LogP contribution < -0.4 is 4.74 Å². The highest BCUT2D eigenvalue weighted by Crippen LogP contribution is 2.25. The third-order valence-corrected chi connectivity index (χ3v) is 3.03. The van der Waals surface area contributed by atoms with Gasteiger partial charge in [-0.3, -0.25) is 0 Å². The van der Waals surface area contributed by atoms with Crippen LogP contribution in [0.25, 0.3) is 0 Å². The molecule has 1 heterocycles. The maximum atomic E-state index is 9.27. The summed E-state index contributed by atoms with van der Waals surface area (Å²) >= 11 is 3.30. The minimum absolute atomic E-state index is 0.128. The molecule has 2 rings (SSSR count). The van der Waals surface area contributed by atoms with Crippen LogP contribution in [0.3, 0.4) is 0 Å². The van der Waals surface area contributed by atoms with Crippen molar-refractivity contribution in [2.75, 3.05) is 6.61 Å². The molecular weight excluding hydrogens is 310 g/mol. The fraction of sp³-hybridized carbons (Fsp3) is 0.214. The monoisotopic (exact) mass is 323 g/mol. The van der Waals surface area contributed by atoms with Gasteiger partial charge in [0.2, 0.25) is 5.88 Å². The molecule has 0 amide bonds. The van der Waals surface area contributed by atoms with Crippen molar-refractivity contribution in [2.45, 2.75) is 13.0 Å². The Morgan fingerprint density at radius 2 is 1.89 bits per heavy atom. The Labute approximate surface area is 119 Å². The topological polar surface area (TPSA) is 62.6 Å². The number of hydrogen-bond donors (Lipinski definition) is 2. The van der Waals surface area contributed by atoms with Crippen molar-refractivity contribution in [1.82, 2.24) is 4.98 Å². The molecule has 0 saturated heterocycles. The van der Waals surface area contributed by atoms with Crippen molar-refractivity contribution >= 4 is 15.9 Å². The molecule has 0 saturated carbocycles. The fourth-order valence-corrected chi connectivity index (χ4v) is 2.02. The van der Waals surface area contributed by atoms with E-state index in [0.29, 0.717) is 23.6 Å². The van der Waals surface area contributed by atoms with Crippen molar-refractivity contribution in [3.8, 4) is 11.6 Å². The molecule has 1 aromatic carbocycles. The molecule has 0 radical (unpaired) electrons. The molecule has 1 aromatic heterocycles. The van der Waals surface area contributed by atoms with Gasteiger partial charge in [0.25, 0.3) is 0 Å². The highest BCUT2D eigenvalue weighted by molar-refractivity contribution is 9.10. The number of pyridine rings is 1. The van der Waals surface area contributed by atoms with Gasteiger partial charge >= 0.3 is 0 Å². The summed E-state index contributed by atoms with van der Waals surface area (Å²) < 4.78 is 6.43. The Bertz CT molecular complexity index is 543. The third-order valence-electron chi connectivity index (χ3n) is 2.60. The molecule has 2 N–H and O–H groups in total. The first-order valence-corrected chi connectivity index (χ1v) is 6.65. The summed E-state index contributed by atoms with van der Waals surface area (Å²) in [6.07, 6.45) is 2.24. The van der Waals surface area contributed by atoms with Crippen LogP contribution >= 0.6 is 15.9 Å². The van der Waals surface area contributed by atoms with Gasteiger partial charge in [0.05, 0.1) is 6.61 Å². The number of halogens is 1. The quantitative estimate of drug-likeness (QED) is 0.888. The Kier molecular flexibility index (Phi) is 4.90. The minimum Gasteiger partial charge on any atom is -0.439 e. The van der Waals surface area contributed by atoms with Crippen LogP contribution in [0, 0.1) is 0 Å². The number of aliphatic hydroxyl groups excluding tert-OH is 2. The number of aliphatic hydroxyl groups is 2. The SMILES string of the molecule is OCCc1ccc(Oc2ncc(Br)cc2CO)cc1.